The summed E-state index contributed by atoms with van der Waals surface area (Å²) in [5, 5.41) is 53.2. The first-order chi connectivity index (χ1) is 20.3. The molecule has 1 saturated heterocycles. The van der Waals surface area contributed by atoms with Gasteiger partial charge in [-0.1, -0.05) is 129 Å². The molecule has 6 N–H and O–H groups in total. The van der Waals surface area contributed by atoms with Crippen molar-refractivity contribution in [3.63, 3.8) is 0 Å². The zero-order valence-electron chi connectivity index (χ0n) is 26.5. The van der Waals surface area contributed by atoms with Crippen molar-refractivity contribution in [1.29, 1.82) is 0 Å². The summed E-state index contributed by atoms with van der Waals surface area (Å²) in [4.78, 5) is 12.7. The molecule has 7 atom stereocenters. The summed E-state index contributed by atoms with van der Waals surface area (Å²) in [6.45, 7) is 3.59. The quantitative estimate of drug-likeness (QED) is 0.0620. The lowest BCUT2D eigenvalue weighted by Gasteiger charge is -2.40. The van der Waals surface area contributed by atoms with Crippen molar-refractivity contribution in [2.75, 3.05) is 13.2 Å². The lowest BCUT2D eigenvalue weighted by atomic mass is 9.99. The molecule has 1 rings (SSSR count). The Kier molecular flexibility index (Phi) is 23.4. The third-order valence-corrected chi connectivity index (χ3v) is 8.11. The van der Waals surface area contributed by atoms with E-state index in [9.17, 15) is 30.3 Å². The topological polar surface area (TPSA) is 149 Å². The molecule has 0 spiro atoms. The number of aliphatic hydroxyl groups is 5. The van der Waals surface area contributed by atoms with Crippen LogP contribution in [0.15, 0.2) is 12.2 Å². The fourth-order valence-electron chi connectivity index (χ4n) is 5.26. The van der Waals surface area contributed by atoms with Crippen LogP contribution in [0.4, 0.5) is 0 Å². The number of ether oxygens (including phenoxy) is 2. The summed E-state index contributed by atoms with van der Waals surface area (Å²) in [5.41, 5.74) is 0. The molecule has 0 aromatic carbocycles. The highest BCUT2D eigenvalue weighted by atomic mass is 16.7. The Morgan fingerprint density at radius 3 is 1.83 bits per heavy atom. The first-order valence-electron chi connectivity index (χ1n) is 16.9. The Morgan fingerprint density at radius 1 is 0.786 bits per heavy atom. The monoisotopic (exact) mass is 601 g/mol. The molecular weight excluding hydrogens is 538 g/mol. The Hall–Kier alpha value is -1.07. The summed E-state index contributed by atoms with van der Waals surface area (Å²) in [6, 6.07) is -0.793. The van der Waals surface area contributed by atoms with E-state index >= 15 is 0 Å². The number of nitrogens with one attached hydrogen (secondary N) is 1. The molecule has 9 heteroatoms. The normalized spacial score (nSPS) is 24.2. The highest BCUT2D eigenvalue weighted by Crippen LogP contribution is 2.22. The SMILES string of the molecule is CCCC/C=C/C(O)C(COC1OC(CO)C(O)C(O)C1O)NC(=O)CCCCCCCCCCCCCCCCC. The van der Waals surface area contributed by atoms with Gasteiger partial charge in [0.25, 0.3) is 0 Å². The molecule has 0 radical (unpaired) electrons. The maximum absolute atomic E-state index is 12.7. The number of unbranched alkanes of at least 4 members (excludes halogenated alkanes) is 16. The van der Waals surface area contributed by atoms with E-state index in [2.05, 4.69) is 19.2 Å². The van der Waals surface area contributed by atoms with Crippen molar-refractivity contribution in [2.24, 2.45) is 0 Å². The van der Waals surface area contributed by atoms with Gasteiger partial charge in [0, 0.05) is 6.42 Å². The van der Waals surface area contributed by atoms with E-state index in [1.54, 1.807) is 6.08 Å². The number of carbonyl (C=O) groups excluding carboxylic acids is 1. The molecular formula is C33H63NO8. The second kappa shape index (κ2) is 25.3. The first-order valence-corrected chi connectivity index (χ1v) is 16.9. The summed E-state index contributed by atoms with van der Waals surface area (Å²) in [5.74, 6) is -0.187. The van der Waals surface area contributed by atoms with E-state index in [0.717, 1.165) is 38.5 Å². The van der Waals surface area contributed by atoms with Gasteiger partial charge in [-0.15, -0.1) is 0 Å². The number of carbonyl (C=O) groups is 1. The molecule has 1 fully saturated rings. The molecule has 9 nitrogen and oxygen atoms in total. The van der Waals surface area contributed by atoms with Gasteiger partial charge in [-0.2, -0.15) is 0 Å². The van der Waals surface area contributed by atoms with Gasteiger partial charge < -0.3 is 40.3 Å². The smallest absolute Gasteiger partial charge is 0.220 e. The lowest BCUT2D eigenvalue weighted by molar-refractivity contribution is -0.302. The molecule has 0 aromatic rings. The van der Waals surface area contributed by atoms with Gasteiger partial charge in [0.05, 0.1) is 25.4 Å². The van der Waals surface area contributed by atoms with Crippen LogP contribution in [0.1, 0.15) is 136 Å². The summed E-state index contributed by atoms with van der Waals surface area (Å²) < 4.78 is 11.0. The summed E-state index contributed by atoms with van der Waals surface area (Å²) in [7, 11) is 0. The second-order valence-electron chi connectivity index (χ2n) is 12.0. The van der Waals surface area contributed by atoms with Crippen LogP contribution in [-0.4, -0.2) is 87.5 Å². The van der Waals surface area contributed by atoms with Crippen molar-refractivity contribution in [1.82, 2.24) is 5.32 Å². The minimum Gasteiger partial charge on any atom is -0.394 e. The van der Waals surface area contributed by atoms with E-state index in [1.165, 1.54) is 77.0 Å². The predicted molar refractivity (Wildman–Crippen MR) is 166 cm³/mol. The molecule has 0 aromatic heterocycles. The van der Waals surface area contributed by atoms with Crippen molar-refractivity contribution >= 4 is 5.91 Å². The van der Waals surface area contributed by atoms with Gasteiger partial charge in [0.1, 0.15) is 24.4 Å². The van der Waals surface area contributed by atoms with Crippen LogP contribution in [0.3, 0.4) is 0 Å². The molecule has 1 aliphatic heterocycles. The van der Waals surface area contributed by atoms with Crippen LogP contribution in [0.5, 0.6) is 0 Å². The van der Waals surface area contributed by atoms with Crippen molar-refractivity contribution in [2.45, 2.75) is 179 Å². The van der Waals surface area contributed by atoms with E-state index < -0.39 is 49.5 Å². The standard InChI is InChI=1S/C33H63NO8/c1-3-5-7-9-10-11-12-13-14-15-16-17-18-19-21-23-29(37)34-26(27(36)22-20-8-6-4-2)25-41-33-32(40)31(39)30(38)28(24-35)42-33/h20,22,26-28,30-33,35-36,38-40H,3-19,21,23-25H2,1-2H3,(H,34,37)/b22-20+. The second-order valence-corrected chi connectivity index (χ2v) is 12.0. The van der Waals surface area contributed by atoms with Crippen molar-refractivity contribution < 1.29 is 39.8 Å². The average molecular weight is 602 g/mol. The zero-order chi connectivity index (χ0) is 31.0. The molecule has 0 saturated carbocycles. The highest BCUT2D eigenvalue weighted by Gasteiger charge is 2.44. The maximum Gasteiger partial charge on any atom is 0.220 e. The number of amides is 1. The Labute approximate surface area is 255 Å². The van der Waals surface area contributed by atoms with Gasteiger partial charge >= 0.3 is 0 Å². The predicted octanol–water partition coefficient (Wildman–Crippen LogP) is 4.66. The number of allylic oxidation sites excluding steroid dienone is 1. The van der Waals surface area contributed by atoms with Gasteiger partial charge in [0.15, 0.2) is 6.29 Å². The van der Waals surface area contributed by atoms with Gasteiger partial charge in [-0.3, -0.25) is 4.79 Å². The van der Waals surface area contributed by atoms with Crippen LogP contribution < -0.4 is 5.32 Å². The first kappa shape index (κ1) is 39.0. The molecule has 1 amide bonds. The molecule has 0 bridgehead atoms. The fraction of sp³-hybridized carbons (Fsp3) is 0.909. The minimum absolute atomic E-state index is 0.187. The third kappa shape index (κ3) is 17.3. The average Bonchev–Trinajstić information content (AvgIpc) is 2.98. The van der Waals surface area contributed by atoms with Crippen LogP contribution in [0.2, 0.25) is 0 Å². The zero-order valence-corrected chi connectivity index (χ0v) is 26.5. The van der Waals surface area contributed by atoms with Crippen molar-refractivity contribution in [3.05, 3.63) is 12.2 Å². The van der Waals surface area contributed by atoms with E-state index in [4.69, 9.17) is 9.47 Å². The summed E-state index contributed by atoms with van der Waals surface area (Å²) in [6.07, 6.45) is 17.5. The highest BCUT2D eigenvalue weighted by molar-refractivity contribution is 5.76. The molecule has 248 valence electrons. The Bertz CT molecular complexity index is 676. The van der Waals surface area contributed by atoms with Crippen molar-refractivity contribution in [3.8, 4) is 0 Å². The maximum atomic E-state index is 12.7. The number of hydrogen-bond acceptors (Lipinski definition) is 8. The van der Waals surface area contributed by atoms with E-state index in [0.29, 0.717) is 6.42 Å². The largest absolute Gasteiger partial charge is 0.394 e. The lowest BCUT2D eigenvalue weighted by Crippen LogP contribution is -2.60. The Balaban J connectivity index is 2.34. The molecule has 1 heterocycles. The van der Waals surface area contributed by atoms with Crippen LogP contribution in [-0.2, 0) is 14.3 Å². The Morgan fingerprint density at radius 2 is 1.31 bits per heavy atom. The number of aliphatic hydroxyl groups excluding tert-OH is 5. The molecule has 0 aliphatic carbocycles. The fourth-order valence-corrected chi connectivity index (χ4v) is 5.26. The minimum atomic E-state index is -1.56. The van der Waals surface area contributed by atoms with Crippen LogP contribution in [0.25, 0.3) is 0 Å². The third-order valence-electron chi connectivity index (χ3n) is 8.11. The van der Waals surface area contributed by atoms with E-state index in [1.807, 2.05) is 6.08 Å². The van der Waals surface area contributed by atoms with E-state index in [-0.39, 0.29) is 12.5 Å². The van der Waals surface area contributed by atoms with Crippen LogP contribution in [0, 0.1) is 0 Å². The molecule has 1 aliphatic rings. The molecule has 42 heavy (non-hydrogen) atoms. The van der Waals surface area contributed by atoms with Crippen LogP contribution >= 0.6 is 0 Å². The number of rotatable bonds is 26. The summed E-state index contributed by atoms with van der Waals surface area (Å²) >= 11 is 0. The van der Waals surface area contributed by atoms with Gasteiger partial charge in [0.2, 0.25) is 5.91 Å². The number of hydrogen-bond donors (Lipinski definition) is 6. The van der Waals surface area contributed by atoms with Gasteiger partial charge in [-0.05, 0) is 12.8 Å². The van der Waals surface area contributed by atoms with Gasteiger partial charge in [-0.25, -0.2) is 0 Å². The molecule has 7 unspecified atom stereocenters.